The number of rotatable bonds is 2. The molecule has 1 aromatic carbocycles. The first-order chi connectivity index (χ1) is 8.21. The summed E-state index contributed by atoms with van der Waals surface area (Å²) in [6.07, 6.45) is 1.43. The number of hydrogen-bond donors (Lipinski definition) is 1. The van der Waals surface area contributed by atoms with Crippen molar-refractivity contribution in [3.8, 4) is 0 Å². The normalized spacial score (nSPS) is 26.5. The Kier molecular flexibility index (Phi) is 2.69. The fraction of sp³-hybridized carbons (Fsp3) is 0.429. The van der Waals surface area contributed by atoms with E-state index >= 15 is 0 Å². The number of benzene rings is 1. The van der Waals surface area contributed by atoms with E-state index in [-0.39, 0.29) is 0 Å². The van der Waals surface area contributed by atoms with Crippen molar-refractivity contribution < 1.29 is 9.84 Å². The zero-order chi connectivity index (χ0) is 11.9. The van der Waals surface area contributed by atoms with E-state index in [4.69, 9.17) is 4.74 Å². The predicted molar refractivity (Wildman–Crippen MR) is 70.4 cm³/mol. The Hall–Kier alpha value is -0.900. The molecular formula is C14H16O2S. The molecule has 0 spiro atoms. The maximum atomic E-state index is 10.6. The molecule has 1 aliphatic heterocycles. The number of ether oxygens (including phenoxy) is 1. The van der Waals surface area contributed by atoms with Gasteiger partial charge in [-0.2, -0.15) is 0 Å². The molecule has 1 aliphatic rings. The van der Waals surface area contributed by atoms with Crippen LogP contribution in [0.25, 0.3) is 10.1 Å². The highest BCUT2D eigenvalue weighted by atomic mass is 32.1. The second-order valence-electron chi connectivity index (χ2n) is 4.85. The van der Waals surface area contributed by atoms with Gasteiger partial charge in [-0.1, -0.05) is 18.2 Å². The Morgan fingerprint density at radius 3 is 3.06 bits per heavy atom. The van der Waals surface area contributed by atoms with Gasteiger partial charge >= 0.3 is 0 Å². The zero-order valence-electron chi connectivity index (χ0n) is 9.85. The minimum absolute atomic E-state index is 0.418. The van der Waals surface area contributed by atoms with Crippen molar-refractivity contribution in [2.24, 2.45) is 0 Å². The summed E-state index contributed by atoms with van der Waals surface area (Å²) < 4.78 is 6.91. The second-order valence-corrected chi connectivity index (χ2v) is 5.77. The van der Waals surface area contributed by atoms with Gasteiger partial charge in [-0.3, -0.25) is 0 Å². The number of aliphatic hydroxyl groups excluding tert-OH is 1. The third kappa shape index (κ3) is 1.79. The third-order valence-electron chi connectivity index (χ3n) is 3.63. The first-order valence-corrected chi connectivity index (χ1v) is 6.87. The highest BCUT2D eigenvalue weighted by molar-refractivity contribution is 7.17. The molecule has 1 N–H and O–H groups in total. The molecular weight excluding hydrogens is 232 g/mol. The predicted octanol–water partition coefficient (Wildman–Crippen LogP) is 3.50. The van der Waals surface area contributed by atoms with E-state index in [9.17, 15) is 5.11 Å². The van der Waals surface area contributed by atoms with E-state index in [0.29, 0.717) is 0 Å². The van der Waals surface area contributed by atoms with Gasteiger partial charge in [0.1, 0.15) is 6.10 Å². The fourth-order valence-electron chi connectivity index (χ4n) is 2.58. The molecule has 0 bridgehead atoms. The Balaban J connectivity index is 2.05. The topological polar surface area (TPSA) is 29.5 Å². The summed E-state index contributed by atoms with van der Waals surface area (Å²) >= 11 is 1.68. The largest absolute Gasteiger partial charge is 0.385 e. The molecule has 2 nitrogen and oxygen atoms in total. The van der Waals surface area contributed by atoms with Crippen molar-refractivity contribution >= 4 is 21.4 Å². The van der Waals surface area contributed by atoms with E-state index in [2.05, 4.69) is 17.5 Å². The van der Waals surface area contributed by atoms with Gasteiger partial charge in [0.2, 0.25) is 0 Å². The molecule has 0 radical (unpaired) electrons. The van der Waals surface area contributed by atoms with Gasteiger partial charge in [0.25, 0.3) is 0 Å². The van der Waals surface area contributed by atoms with Crippen LogP contribution in [0.2, 0.25) is 0 Å². The lowest BCUT2D eigenvalue weighted by Gasteiger charge is -2.29. The fourth-order valence-corrected chi connectivity index (χ4v) is 3.52. The third-order valence-corrected chi connectivity index (χ3v) is 4.61. The molecule has 3 rings (SSSR count). The van der Waals surface area contributed by atoms with Crippen molar-refractivity contribution in [2.45, 2.75) is 31.5 Å². The van der Waals surface area contributed by atoms with Crippen LogP contribution in [0.15, 0.2) is 29.6 Å². The van der Waals surface area contributed by atoms with Gasteiger partial charge in [0.05, 0.1) is 5.60 Å². The van der Waals surface area contributed by atoms with Crippen LogP contribution in [0.1, 0.15) is 31.4 Å². The van der Waals surface area contributed by atoms with Crippen LogP contribution >= 0.6 is 11.3 Å². The minimum Gasteiger partial charge on any atom is -0.385 e. The van der Waals surface area contributed by atoms with Gasteiger partial charge in [-0.15, -0.1) is 11.3 Å². The lowest BCUT2D eigenvalue weighted by molar-refractivity contribution is -0.0789. The minimum atomic E-state index is -0.535. The summed E-state index contributed by atoms with van der Waals surface area (Å²) in [4.78, 5) is 0. The second kappa shape index (κ2) is 4.09. The summed E-state index contributed by atoms with van der Waals surface area (Å²) in [6.45, 7) is 2.77. The van der Waals surface area contributed by atoms with Gasteiger partial charge in [0.15, 0.2) is 0 Å². The highest BCUT2D eigenvalue weighted by Gasteiger charge is 2.38. The first-order valence-electron chi connectivity index (χ1n) is 5.99. The van der Waals surface area contributed by atoms with Crippen LogP contribution in [0.4, 0.5) is 0 Å². The quantitative estimate of drug-likeness (QED) is 0.881. The number of aliphatic hydroxyl groups is 1. The maximum absolute atomic E-state index is 10.6. The summed E-state index contributed by atoms with van der Waals surface area (Å²) in [6, 6.07) is 8.19. The van der Waals surface area contributed by atoms with Crippen LogP contribution in [-0.4, -0.2) is 17.3 Å². The van der Waals surface area contributed by atoms with E-state index in [0.717, 1.165) is 25.0 Å². The van der Waals surface area contributed by atoms with E-state index < -0.39 is 11.7 Å². The van der Waals surface area contributed by atoms with Crippen molar-refractivity contribution in [2.75, 3.05) is 6.61 Å². The molecule has 1 saturated heterocycles. The first kappa shape index (κ1) is 11.2. The summed E-state index contributed by atoms with van der Waals surface area (Å²) in [5, 5.41) is 13.8. The number of fused-ring (bicyclic) bond motifs is 1. The van der Waals surface area contributed by atoms with E-state index in [1.54, 1.807) is 11.3 Å². The smallest absolute Gasteiger partial charge is 0.109 e. The summed E-state index contributed by atoms with van der Waals surface area (Å²) in [5.41, 5.74) is 0.583. The van der Waals surface area contributed by atoms with Crippen molar-refractivity contribution in [3.63, 3.8) is 0 Å². The van der Waals surface area contributed by atoms with Crippen molar-refractivity contribution in [1.82, 2.24) is 0 Å². The van der Waals surface area contributed by atoms with E-state index in [1.165, 1.54) is 10.1 Å². The number of thiophene rings is 1. The van der Waals surface area contributed by atoms with E-state index in [1.807, 2.05) is 19.1 Å². The number of hydrogen-bond acceptors (Lipinski definition) is 3. The summed E-state index contributed by atoms with van der Waals surface area (Å²) in [7, 11) is 0. The molecule has 0 aliphatic carbocycles. The lowest BCUT2D eigenvalue weighted by Crippen LogP contribution is -2.31. The molecule has 0 amide bonds. The Labute approximate surface area is 105 Å². The SMILES string of the molecule is CC1(C(O)c2cccc3ccsc23)CCCO1. The van der Waals surface area contributed by atoms with Crippen LogP contribution in [0.3, 0.4) is 0 Å². The molecule has 0 saturated carbocycles. The monoisotopic (exact) mass is 248 g/mol. The van der Waals surface area contributed by atoms with Crippen LogP contribution < -0.4 is 0 Å². The molecule has 2 unspecified atom stereocenters. The Morgan fingerprint density at radius 2 is 2.29 bits per heavy atom. The average Bonchev–Trinajstić information content (AvgIpc) is 2.96. The van der Waals surface area contributed by atoms with Gasteiger partial charge in [-0.25, -0.2) is 0 Å². The maximum Gasteiger partial charge on any atom is 0.109 e. The van der Waals surface area contributed by atoms with Crippen LogP contribution in [0, 0.1) is 0 Å². The lowest BCUT2D eigenvalue weighted by atomic mass is 9.90. The molecule has 90 valence electrons. The molecule has 2 aromatic rings. The van der Waals surface area contributed by atoms with Crippen molar-refractivity contribution in [1.29, 1.82) is 0 Å². The van der Waals surface area contributed by atoms with Crippen LogP contribution in [-0.2, 0) is 4.74 Å². The zero-order valence-corrected chi connectivity index (χ0v) is 10.7. The summed E-state index contributed by atoms with van der Waals surface area (Å²) in [5.74, 6) is 0. The van der Waals surface area contributed by atoms with Crippen molar-refractivity contribution in [3.05, 3.63) is 35.2 Å². The molecule has 2 heterocycles. The Morgan fingerprint density at radius 1 is 1.41 bits per heavy atom. The van der Waals surface area contributed by atoms with Crippen LogP contribution in [0.5, 0.6) is 0 Å². The van der Waals surface area contributed by atoms with Gasteiger partial charge < -0.3 is 9.84 Å². The molecule has 17 heavy (non-hydrogen) atoms. The van der Waals surface area contributed by atoms with Gasteiger partial charge in [0, 0.05) is 16.9 Å². The molecule has 2 atom stereocenters. The molecule has 1 fully saturated rings. The molecule has 3 heteroatoms. The standard InChI is InChI=1S/C14H16O2S/c1-14(7-3-8-16-14)13(15)11-5-2-4-10-6-9-17-12(10)11/h2,4-6,9,13,15H,3,7-8H2,1H3. The average molecular weight is 248 g/mol. The van der Waals surface area contributed by atoms with Gasteiger partial charge in [-0.05, 0) is 36.6 Å². The highest BCUT2D eigenvalue weighted by Crippen LogP contribution is 2.40. The molecule has 1 aromatic heterocycles. The Bertz CT molecular complexity index is 526.